The van der Waals surface area contributed by atoms with Crippen molar-refractivity contribution in [3.05, 3.63) is 81.2 Å². The van der Waals surface area contributed by atoms with Crippen LogP contribution in [0.15, 0.2) is 53.6 Å². The van der Waals surface area contributed by atoms with Crippen molar-refractivity contribution < 1.29 is 31.1 Å². The van der Waals surface area contributed by atoms with Crippen LogP contribution in [-0.4, -0.2) is 11.9 Å². The first-order valence-corrected chi connectivity index (χ1v) is 10.6. The summed E-state index contributed by atoms with van der Waals surface area (Å²) in [7, 11) is 0. The van der Waals surface area contributed by atoms with Crippen molar-refractivity contribution >= 4 is 5.91 Å². The molecule has 1 unspecified atom stereocenters. The summed E-state index contributed by atoms with van der Waals surface area (Å²) in [6, 6.07) is 9.86. The largest absolute Gasteiger partial charge is 0.416 e. The molecule has 34 heavy (non-hydrogen) atoms. The number of alkyl halides is 6. The van der Waals surface area contributed by atoms with E-state index in [2.05, 4.69) is 15.3 Å². The van der Waals surface area contributed by atoms with Crippen molar-refractivity contribution in [2.75, 3.05) is 0 Å². The normalized spacial score (nSPS) is 21.9. The average molecular weight is 484 g/mol. The van der Waals surface area contributed by atoms with Crippen molar-refractivity contribution in [1.29, 1.82) is 0 Å². The zero-order valence-corrected chi connectivity index (χ0v) is 18.1. The molecule has 1 atom stereocenters. The first-order valence-electron chi connectivity index (χ1n) is 10.6. The molecule has 1 fully saturated rings. The molecule has 11 heteroatoms. The molecule has 2 aromatic rings. The topological polar surface area (TPSA) is 77.9 Å². The maximum Gasteiger partial charge on any atom is 0.416 e. The molecule has 0 radical (unpaired) electrons. The number of halogens is 6. The van der Waals surface area contributed by atoms with E-state index < -0.39 is 40.8 Å². The summed E-state index contributed by atoms with van der Waals surface area (Å²) in [5.74, 6) is -1.97. The molecule has 0 bridgehead atoms. The molecule has 0 spiro atoms. The highest BCUT2D eigenvalue weighted by Gasteiger charge is 2.40. The molecule has 1 saturated carbocycles. The number of nitrogens with one attached hydrogen (secondary N) is 1. The first-order chi connectivity index (χ1) is 15.9. The second-order valence-electron chi connectivity index (χ2n) is 8.43. The van der Waals surface area contributed by atoms with Gasteiger partial charge in [0, 0.05) is 11.0 Å². The van der Waals surface area contributed by atoms with Gasteiger partial charge in [0.25, 0.3) is 0 Å². The fraction of sp³-hybridized carbons (Fsp3) is 0.435. The van der Waals surface area contributed by atoms with Gasteiger partial charge < -0.3 is 5.32 Å². The maximum atomic E-state index is 13.3. The molecule has 0 heterocycles. The van der Waals surface area contributed by atoms with Crippen LogP contribution < -0.4 is 5.32 Å². The molecular formula is C23H22F6N4O. The second kappa shape index (κ2) is 9.58. The van der Waals surface area contributed by atoms with Crippen LogP contribution in [0.3, 0.4) is 0 Å². The van der Waals surface area contributed by atoms with Crippen LogP contribution in [0.5, 0.6) is 0 Å². The van der Waals surface area contributed by atoms with E-state index in [4.69, 9.17) is 5.53 Å². The van der Waals surface area contributed by atoms with Gasteiger partial charge in [-0.15, -0.1) is 0 Å². The highest BCUT2D eigenvalue weighted by Crippen LogP contribution is 2.40. The predicted molar refractivity (Wildman–Crippen MR) is 113 cm³/mol. The molecule has 1 amide bonds. The monoisotopic (exact) mass is 484 g/mol. The Labute approximate surface area is 191 Å². The molecule has 1 aliphatic rings. The molecule has 5 nitrogen and oxygen atoms in total. The minimum Gasteiger partial charge on any atom is -0.346 e. The van der Waals surface area contributed by atoms with E-state index in [-0.39, 0.29) is 17.7 Å². The van der Waals surface area contributed by atoms with Gasteiger partial charge in [0.2, 0.25) is 5.91 Å². The number of amides is 1. The Morgan fingerprint density at radius 3 is 2.03 bits per heavy atom. The average Bonchev–Trinajstić information content (AvgIpc) is 2.79. The van der Waals surface area contributed by atoms with E-state index in [9.17, 15) is 31.1 Å². The quantitative estimate of drug-likeness (QED) is 0.209. The van der Waals surface area contributed by atoms with Gasteiger partial charge in [-0.1, -0.05) is 35.4 Å². The standard InChI is InChI=1S/C23H22F6N4O/c1-14(15-11-17(22(24,25)26)13-18(12-15)23(27,28)29)20(34)31-21(16-5-3-2-4-6-16)9-7-19(8-10-21)32-33-30/h2-6,11-14,19H,7-10H2,1H3,(H,31,34). The van der Waals surface area contributed by atoms with E-state index in [0.717, 1.165) is 5.56 Å². The maximum absolute atomic E-state index is 13.3. The number of nitrogens with zero attached hydrogens (tertiary/aromatic N) is 3. The number of carbonyl (C=O) groups is 1. The summed E-state index contributed by atoms with van der Waals surface area (Å²) >= 11 is 0. The molecule has 1 N–H and O–H groups in total. The zero-order valence-electron chi connectivity index (χ0n) is 18.1. The zero-order chi connectivity index (χ0) is 25.1. The van der Waals surface area contributed by atoms with Gasteiger partial charge in [0.1, 0.15) is 0 Å². The fourth-order valence-corrected chi connectivity index (χ4v) is 4.25. The molecule has 0 aliphatic heterocycles. The number of carbonyl (C=O) groups excluding carboxylic acids is 1. The third-order valence-corrected chi connectivity index (χ3v) is 6.22. The third-order valence-electron chi connectivity index (χ3n) is 6.22. The van der Waals surface area contributed by atoms with Gasteiger partial charge >= 0.3 is 12.4 Å². The Bertz CT molecular complexity index is 1040. The Kier molecular flexibility index (Phi) is 7.16. The SMILES string of the molecule is CC(C(=O)NC1(c2ccccc2)CCC(N=[N+]=[N-])CC1)c1cc(C(F)(F)F)cc(C(F)(F)F)c1. The van der Waals surface area contributed by atoms with Crippen LogP contribution in [0.4, 0.5) is 26.3 Å². The molecule has 3 rings (SSSR count). The van der Waals surface area contributed by atoms with Gasteiger partial charge in [0.15, 0.2) is 0 Å². The number of rotatable bonds is 5. The summed E-state index contributed by atoms with van der Waals surface area (Å²) in [5.41, 5.74) is 5.25. The number of hydrogen-bond donors (Lipinski definition) is 1. The van der Waals surface area contributed by atoms with Crippen LogP contribution in [0.2, 0.25) is 0 Å². The van der Waals surface area contributed by atoms with Crippen LogP contribution in [-0.2, 0) is 22.7 Å². The van der Waals surface area contributed by atoms with Crippen LogP contribution in [0, 0.1) is 0 Å². The molecule has 182 valence electrons. The van der Waals surface area contributed by atoms with E-state index in [1.54, 1.807) is 30.3 Å². The Balaban J connectivity index is 1.94. The highest BCUT2D eigenvalue weighted by atomic mass is 19.4. The Morgan fingerprint density at radius 1 is 1.03 bits per heavy atom. The first kappa shape index (κ1) is 25.4. The van der Waals surface area contributed by atoms with Crippen molar-refractivity contribution in [2.45, 2.75) is 62.5 Å². The molecular weight excluding hydrogens is 462 g/mol. The van der Waals surface area contributed by atoms with Gasteiger partial charge in [0.05, 0.1) is 22.6 Å². The smallest absolute Gasteiger partial charge is 0.346 e. The second-order valence-corrected chi connectivity index (χ2v) is 8.43. The summed E-state index contributed by atoms with van der Waals surface area (Å²) in [5, 5.41) is 6.61. The van der Waals surface area contributed by atoms with Crippen LogP contribution >= 0.6 is 0 Å². The summed E-state index contributed by atoms with van der Waals surface area (Å²) in [4.78, 5) is 16.0. The lowest BCUT2D eigenvalue weighted by Gasteiger charge is -2.41. The summed E-state index contributed by atoms with van der Waals surface area (Å²) in [6.07, 6.45) is -8.27. The lowest BCUT2D eigenvalue weighted by molar-refractivity contribution is -0.143. The van der Waals surface area contributed by atoms with Gasteiger partial charge in [-0.05, 0) is 67.5 Å². The van der Waals surface area contributed by atoms with Gasteiger partial charge in [-0.2, -0.15) is 26.3 Å². The predicted octanol–water partition coefficient (Wildman–Crippen LogP) is 7.09. The molecule has 1 aliphatic carbocycles. The number of azide groups is 1. The Hall–Kier alpha value is -3.20. The van der Waals surface area contributed by atoms with Crippen LogP contribution in [0.25, 0.3) is 10.4 Å². The van der Waals surface area contributed by atoms with Gasteiger partial charge in [-0.3, -0.25) is 4.79 Å². The minimum absolute atomic E-state index is 0.0383. The van der Waals surface area contributed by atoms with Crippen molar-refractivity contribution in [2.24, 2.45) is 5.11 Å². The van der Waals surface area contributed by atoms with E-state index in [1.807, 2.05) is 0 Å². The van der Waals surface area contributed by atoms with Gasteiger partial charge in [-0.25, -0.2) is 0 Å². The number of hydrogen-bond acceptors (Lipinski definition) is 2. The Morgan fingerprint density at radius 2 is 1.56 bits per heavy atom. The lowest BCUT2D eigenvalue weighted by Crippen LogP contribution is -2.49. The van der Waals surface area contributed by atoms with E-state index >= 15 is 0 Å². The lowest BCUT2D eigenvalue weighted by atomic mass is 9.74. The van der Waals surface area contributed by atoms with Crippen LogP contribution in [0.1, 0.15) is 60.8 Å². The molecule has 0 saturated heterocycles. The molecule has 2 aromatic carbocycles. The van der Waals surface area contributed by atoms with E-state index in [0.29, 0.717) is 37.8 Å². The van der Waals surface area contributed by atoms with Crippen molar-refractivity contribution in [3.8, 4) is 0 Å². The summed E-state index contributed by atoms with van der Waals surface area (Å²) < 4.78 is 79.5. The van der Waals surface area contributed by atoms with E-state index in [1.165, 1.54) is 6.92 Å². The number of benzene rings is 2. The van der Waals surface area contributed by atoms with Crippen molar-refractivity contribution in [3.63, 3.8) is 0 Å². The summed E-state index contributed by atoms with van der Waals surface area (Å²) in [6.45, 7) is 1.27. The molecule has 0 aromatic heterocycles. The van der Waals surface area contributed by atoms with Crippen molar-refractivity contribution in [1.82, 2.24) is 5.32 Å². The highest BCUT2D eigenvalue weighted by molar-refractivity contribution is 5.84. The minimum atomic E-state index is -5.00. The fourth-order valence-electron chi connectivity index (χ4n) is 4.25. The third kappa shape index (κ3) is 5.64.